The molecule has 1 radical (unpaired) electrons. The van der Waals surface area contributed by atoms with Crippen LogP contribution in [0.25, 0.3) is 0 Å². The summed E-state index contributed by atoms with van der Waals surface area (Å²) in [6.07, 6.45) is 1.40. The number of methoxy groups -OCH3 is 1. The summed E-state index contributed by atoms with van der Waals surface area (Å²) in [4.78, 5) is 22.2. The van der Waals surface area contributed by atoms with Gasteiger partial charge >= 0.3 is 11.9 Å². The molecule has 85 valence electrons. The molecule has 1 rings (SSSR count). The summed E-state index contributed by atoms with van der Waals surface area (Å²) in [7, 11) is 1.32. The number of para-hydroxylation sites is 1. The van der Waals surface area contributed by atoms with Crippen LogP contribution in [0.1, 0.15) is 12.5 Å². The summed E-state index contributed by atoms with van der Waals surface area (Å²) >= 11 is 0. The maximum absolute atomic E-state index is 11.1. The molecule has 0 bridgehead atoms. The summed E-state index contributed by atoms with van der Waals surface area (Å²) < 4.78 is 9.59. The number of carbonyl (C=O) groups excluding carboxylic acids is 2. The third-order valence-corrected chi connectivity index (χ3v) is 1.98. The second-order valence-corrected chi connectivity index (χ2v) is 3.07. The van der Waals surface area contributed by atoms with Gasteiger partial charge in [0.1, 0.15) is 5.75 Å². The maximum Gasteiger partial charge on any atom is 0.314 e. The first-order valence-electron chi connectivity index (χ1n) is 4.83. The zero-order valence-electron chi connectivity index (χ0n) is 9.23. The maximum atomic E-state index is 11.1. The molecule has 0 unspecified atom stereocenters. The van der Waals surface area contributed by atoms with Crippen molar-refractivity contribution < 1.29 is 19.1 Å². The van der Waals surface area contributed by atoms with E-state index in [1.165, 1.54) is 13.5 Å². The van der Waals surface area contributed by atoms with Crippen molar-refractivity contribution in [1.29, 1.82) is 0 Å². The SMILES string of the molecule is C[CH]C(=O)Oc1ccccc1CC(=O)OC. The molecule has 0 atom stereocenters. The molecule has 16 heavy (non-hydrogen) atoms. The number of carbonyl (C=O) groups is 2. The standard InChI is InChI=1S/C12H13O4/c1-3-11(13)16-10-7-5-4-6-9(10)8-12(14)15-2/h3-7H,8H2,1-2H3. The van der Waals surface area contributed by atoms with Gasteiger partial charge < -0.3 is 9.47 Å². The van der Waals surface area contributed by atoms with Crippen molar-refractivity contribution in [2.45, 2.75) is 13.3 Å². The lowest BCUT2D eigenvalue weighted by molar-refractivity contribution is -0.140. The molecule has 4 nitrogen and oxygen atoms in total. The van der Waals surface area contributed by atoms with Crippen LogP contribution in [0.2, 0.25) is 0 Å². The molecule has 4 heteroatoms. The minimum absolute atomic E-state index is 0.0870. The van der Waals surface area contributed by atoms with Crippen molar-refractivity contribution in [3.05, 3.63) is 36.2 Å². The number of hydrogen-bond donors (Lipinski definition) is 0. The molecule has 1 aromatic rings. The molecular weight excluding hydrogens is 208 g/mol. The Morgan fingerprint density at radius 3 is 2.62 bits per heavy atom. The van der Waals surface area contributed by atoms with Gasteiger partial charge in [-0.3, -0.25) is 9.59 Å². The van der Waals surface area contributed by atoms with E-state index in [0.29, 0.717) is 11.3 Å². The Balaban J connectivity index is 2.83. The quantitative estimate of drug-likeness (QED) is 0.571. The number of benzene rings is 1. The molecule has 0 aliphatic carbocycles. The van der Waals surface area contributed by atoms with Crippen LogP contribution in [0.15, 0.2) is 24.3 Å². The normalized spacial score (nSPS) is 9.62. The lowest BCUT2D eigenvalue weighted by Crippen LogP contribution is -2.10. The molecule has 0 aliphatic rings. The molecule has 0 amide bonds. The van der Waals surface area contributed by atoms with E-state index in [2.05, 4.69) is 4.74 Å². The van der Waals surface area contributed by atoms with Crippen molar-refractivity contribution in [3.8, 4) is 5.75 Å². The van der Waals surface area contributed by atoms with Gasteiger partial charge in [0.25, 0.3) is 0 Å². The van der Waals surface area contributed by atoms with E-state index >= 15 is 0 Å². The van der Waals surface area contributed by atoms with Gasteiger partial charge in [0, 0.05) is 5.56 Å². The van der Waals surface area contributed by atoms with Crippen LogP contribution in [0.5, 0.6) is 5.75 Å². The van der Waals surface area contributed by atoms with E-state index in [1.54, 1.807) is 31.2 Å². The minimum atomic E-state index is -0.447. The molecule has 0 N–H and O–H groups in total. The summed E-state index contributed by atoms with van der Waals surface area (Å²) in [6.45, 7) is 1.59. The third-order valence-electron chi connectivity index (χ3n) is 1.98. The van der Waals surface area contributed by atoms with E-state index in [1.807, 2.05) is 0 Å². The van der Waals surface area contributed by atoms with Crippen LogP contribution < -0.4 is 4.74 Å². The van der Waals surface area contributed by atoms with Crippen molar-refractivity contribution in [1.82, 2.24) is 0 Å². The van der Waals surface area contributed by atoms with Crippen LogP contribution in [-0.4, -0.2) is 19.0 Å². The lowest BCUT2D eigenvalue weighted by atomic mass is 10.1. The van der Waals surface area contributed by atoms with Crippen LogP contribution in [0.3, 0.4) is 0 Å². The summed E-state index contributed by atoms with van der Waals surface area (Å²) in [5.74, 6) is -0.433. The van der Waals surface area contributed by atoms with Gasteiger partial charge in [0.2, 0.25) is 0 Å². The highest BCUT2D eigenvalue weighted by molar-refractivity contribution is 5.81. The Labute approximate surface area is 94.2 Å². The zero-order valence-corrected chi connectivity index (χ0v) is 9.23. The van der Waals surface area contributed by atoms with Gasteiger partial charge in [-0.15, -0.1) is 0 Å². The van der Waals surface area contributed by atoms with Gasteiger partial charge in [-0.05, 0) is 6.07 Å². The second-order valence-electron chi connectivity index (χ2n) is 3.07. The second kappa shape index (κ2) is 5.90. The molecule has 0 fully saturated rings. The first kappa shape index (κ1) is 12.2. The smallest absolute Gasteiger partial charge is 0.314 e. The Morgan fingerprint density at radius 1 is 1.31 bits per heavy atom. The van der Waals surface area contributed by atoms with Gasteiger partial charge in [-0.2, -0.15) is 0 Å². The number of esters is 2. The first-order chi connectivity index (χ1) is 7.67. The van der Waals surface area contributed by atoms with Gasteiger partial charge in [0.15, 0.2) is 0 Å². The minimum Gasteiger partial charge on any atom is -0.469 e. The summed E-state index contributed by atoms with van der Waals surface area (Å²) in [5, 5.41) is 0. The van der Waals surface area contributed by atoms with Gasteiger partial charge in [0.05, 0.1) is 20.0 Å². The van der Waals surface area contributed by atoms with E-state index in [9.17, 15) is 9.59 Å². The van der Waals surface area contributed by atoms with Crippen molar-refractivity contribution in [2.75, 3.05) is 7.11 Å². The van der Waals surface area contributed by atoms with E-state index in [4.69, 9.17) is 4.74 Å². The van der Waals surface area contributed by atoms with Crippen LogP contribution in [0.4, 0.5) is 0 Å². The predicted octanol–water partition coefficient (Wildman–Crippen LogP) is 1.53. The molecule has 0 aliphatic heterocycles. The number of ether oxygens (including phenoxy) is 2. The Bertz CT molecular complexity index is 347. The Morgan fingerprint density at radius 2 is 2.00 bits per heavy atom. The molecule has 0 saturated carbocycles. The van der Waals surface area contributed by atoms with E-state index in [-0.39, 0.29) is 12.4 Å². The average molecular weight is 221 g/mol. The fraction of sp³-hybridized carbons (Fsp3) is 0.250. The molecule has 0 heterocycles. The molecule has 0 spiro atoms. The Kier molecular flexibility index (Phi) is 4.51. The topological polar surface area (TPSA) is 52.6 Å². The van der Waals surface area contributed by atoms with Crippen LogP contribution in [0, 0.1) is 6.42 Å². The summed E-state index contributed by atoms with van der Waals surface area (Å²) in [6, 6.07) is 6.86. The third kappa shape index (κ3) is 3.38. The van der Waals surface area contributed by atoms with Crippen LogP contribution in [-0.2, 0) is 20.7 Å². The zero-order chi connectivity index (χ0) is 12.0. The van der Waals surface area contributed by atoms with E-state index in [0.717, 1.165) is 0 Å². The summed E-state index contributed by atoms with van der Waals surface area (Å²) in [5.41, 5.74) is 0.629. The van der Waals surface area contributed by atoms with Crippen molar-refractivity contribution in [2.24, 2.45) is 0 Å². The first-order valence-corrected chi connectivity index (χ1v) is 4.83. The monoisotopic (exact) mass is 221 g/mol. The molecular formula is C12H13O4. The van der Waals surface area contributed by atoms with Crippen LogP contribution >= 0.6 is 0 Å². The van der Waals surface area contributed by atoms with Gasteiger partial charge in [-0.1, -0.05) is 25.1 Å². The van der Waals surface area contributed by atoms with Crippen molar-refractivity contribution in [3.63, 3.8) is 0 Å². The predicted molar refractivity (Wildman–Crippen MR) is 57.8 cm³/mol. The fourth-order valence-corrected chi connectivity index (χ4v) is 1.14. The van der Waals surface area contributed by atoms with E-state index < -0.39 is 5.97 Å². The largest absolute Gasteiger partial charge is 0.469 e. The highest BCUT2D eigenvalue weighted by atomic mass is 16.5. The molecule has 1 aromatic carbocycles. The number of rotatable bonds is 4. The highest BCUT2D eigenvalue weighted by Crippen LogP contribution is 2.19. The Hall–Kier alpha value is -1.84. The average Bonchev–Trinajstić information content (AvgIpc) is 2.31. The number of hydrogen-bond acceptors (Lipinski definition) is 4. The fourth-order valence-electron chi connectivity index (χ4n) is 1.14. The van der Waals surface area contributed by atoms with Crippen molar-refractivity contribution >= 4 is 11.9 Å². The van der Waals surface area contributed by atoms with Gasteiger partial charge in [-0.25, -0.2) is 0 Å². The molecule has 0 aromatic heterocycles. The molecule has 0 saturated heterocycles. The lowest BCUT2D eigenvalue weighted by Gasteiger charge is -2.08. The highest BCUT2D eigenvalue weighted by Gasteiger charge is 2.10.